The number of para-hydroxylation sites is 1. The Morgan fingerprint density at radius 3 is 2.94 bits per heavy atom. The first kappa shape index (κ1) is 13.0. The summed E-state index contributed by atoms with van der Waals surface area (Å²) in [5, 5.41) is 3.48. The highest BCUT2D eigenvalue weighted by Crippen LogP contribution is 2.26. The molecule has 6 heteroatoms. The van der Waals surface area contributed by atoms with Crippen molar-refractivity contribution in [2.75, 3.05) is 13.1 Å². The maximum Gasteiger partial charge on any atom is 0.182 e. The van der Waals surface area contributed by atoms with Crippen LogP contribution in [0.4, 0.5) is 0 Å². The van der Waals surface area contributed by atoms with E-state index in [1.165, 1.54) is 0 Å². The van der Waals surface area contributed by atoms with Crippen LogP contribution in [0.5, 0.6) is 0 Å². The number of halogens is 1. The summed E-state index contributed by atoms with van der Waals surface area (Å²) in [6, 6.07) is 7.95. The van der Waals surface area contributed by atoms with Gasteiger partial charge in [0.2, 0.25) is 0 Å². The lowest BCUT2D eigenvalue weighted by molar-refractivity contribution is 0.672. The number of fused-ring (bicyclic) bond motifs is 1. The standard InChI is InChI=1S/C11H12N2OS2.ClH/c14-16(8-5-6-12-7-8)11-13-9-3-1-2-4-10(9)15-11;/h1-4,8,12H,5-7H2;1H/t8-,16+;/m1./s1. The Kier molecular flexibility index (Phi) is 4.14. The minimum Gasteiger partial charge on any atom is -0.315 e. The Labute approximate surface area is 113 Å². The van der Waals surface area contributed by atoms with Crippen molar-refractivity contribution >= 4 is 44.8 Å². The van der Waals surface area contributed by atoms with Crippen molar-refractivity contribution in [2.45, 2.75) is 16.0 Å². The zero-order valence-electron chi connectivity index (χ0n) is 9.09. The van der Waals surface area contributed by atoms with Crippen LogP contribution in [0.1, 0.15) is 6.42 Å². The van der Waals surface area contributed by atoms with Gasteiger partial charge in [0, 0.05) is 6.54 Å². The van der Waals surface area contributed by atoms with Gasteiger partial charge in [-0.15, -0.1) is 23.7 Å². The lowest BCUT2D eigenvalue weighted by Gasteiger charge is -2.03. The topological polar surface area (TPSA) is 42.0 Å². The number of nitrogens with zero attached hydrogens (tertiary/aromatic N) is 1. The summed E-state index contributed by atoms with van der Waals surface area (Å²) in [5.74, 6) is 0. The predicted molar refractivity (Wildman–Crippen MR) is 74.6 cm³/mol. The fourth-order valence-electron chi connectivity index (χ4n) is 1.89. The summed E-state index contributed by atoms with van der Waals surface area (Å²) in [5.41, 5.74) is 0.960. The van der Waals surface area contributed by atoms with Gasteiger partial charge in [0.05, 0.1) is 26.3 Å². The summed E-state index contributed by atoms with van der Waals surface area (Å²) in [6.45, 7) is 1.82. The van der Waals surface area contributed by atoms with Gasteiger partial charge in [0.15, 0.2) is 4.34 Å². The summed E-state index contributed by atoms with van der Waals surface area (Å²) in [7, 11) is -0.946. The largest absolute Gasteiger partial charge is 0.315 e. The Hall–Kier alpha value is -0.490. The number of hydrogen-bond acceptors (Lipinski definition) is 4. The quantitative estimate of drug-likeness (QED) is 0.921. The highest BCUT2D eigenvalue weighted by molar-refractivity contribution is 7.88. The second kappa shape index (κ2) is 5.44. The summed E-state index contributed by atoms with van der Waals surface area (Å²) < 4.78 is 14.1. The summed E-state index contributed by atoms with van der Waals surface area (Å²) in [4.78, 5) is 4.45. The molecule has 1 saturated heterocycles. The van der Waals surface area contributed by atoms with Crippen LogP contribution >= 0.6 is 23.7 Å². The molecule has 1 aromatic carbocycles. The molecule has 1 aliphatic heterocycles. The first-order valence-electron chi connectivity index (χ1n) is 5.31. The van der Waals surface area contributed by atoms with Gasteiger partial charge < -0.3 is 5.32 Å². The average Bonchev–Trinajstić information content (AvgIpc) is 2.97. The molecule has 0 aliphatic carbocycles. The van der Waals surface area contributed by atoms with Crippen molar-refractivity contribution < 1.29 is 4.21 Å². The van der Waals surface area contributed by atoms with Crippen LogP contribution in [0.2, 0.25) is 0 Å². The normalized spacial score (nSPS) is 21.3. The van der Waals surface area contributed by atoms with Crippen LogP contribution in [-0.2, 0) is 10.8 Å². The van der Waals surface area contributed by atoms with Gasteiger partial charge in [0.1, 0.15) is 0 Å². The third-order valence-corrected chi connectivity index (χ3v) is 5.78. The van der Waals surface area contributed by atoms with Crippen molar-refractivity contribution in [2.24, 2.45) is 0 Å². The van der Waals surface area contributed by atoms with Gasteiger partial charge in [-0.05, 0) is 25.1 Å². The average molecular weight is 289 g/mol. The number of nitrogens with one attached hydrogen (secondary N) is 1. The SMILES string of the molecule is Cl.O=[S@](c1nc2ccccc2s1)[C@@H]1CCNC1. The van der Waals surface area contributed by atoms with Gasteiger partial charge >= 0.3 is 0 Å². The fourth-order valence-corrected chi connectivity index (χ4v) is 4.67. The van der Waals surface area contributed by atoms with E-state index in [-0.39, 0.29) is 17.7 Å². The van der Waals surface area contributed by atoms with Crippen molar-refractivity contribution in [3.63, 3.8) is 0 Å². The Morgan fingerprint density at radius 1 is 1.41 bits per heavy atom. The van der Waals surface area contributed by atoms with Gasteiger partial charge in [-0.25, -0.2) is 4.98 Å². The Bertz CT molecular complexity index is 504. The zero-order valence-corrected chi connectivity index (χ0v) is 11.5. The molecule has 1 aromatic heterocycles. The van der Waals surface area contributed by atoms with Gasteiger partial charge in [0.25, 0.3) is 0 Å². The number of thiazole rings is 1. The maximum absolute atomic E-state index is 12.2. The molecule has 2 heterocycles. The predicted octanol–water partition coefficient (Wildman–Crippen LogP) is 2.19. The van der Waals surface area contributed by atoms with Gasteiger partial charge in [-0.1, -0.05) is 12.1 Å². The molecule has 1 aliphatic rings. The number of hydrogen-bond donors (Lipinski definition) is 1. The third-order valence-electron chi connectivity index (χ3n) is 2.76. The van der Waals surface area contributed by atoms with Crippen molar-refractivity contribution in [1.29, 1.82) is 0 Å². The van der Waals surface area contributed by atoms with E-state index in [4.69, 9.17) is 0 Å². The number of rotatable bonds is 2. The molecule has 0 unspecified atom stereocenters. The van der Waals surface area contributed by atoms with E-state index in [2.05, 4.69) is 10.3 Å². The van der Waals surface area contributed by atoms with Crippen molar-refractivity contribution in [3.05, 3.63) is 24.3 Å². The highest BCUT2D eigenvalue weighted by Gasteiger charge is 2.24. The molecule has 2 atom stereocenters. The summed E-state index contributed by atoms with van der Waals surface area (Å²) >= 11 is 1.55. The van der Waals surface area contributed by atoms with Crippen LogP contribution in [0.15, 0.2) is 28.6 Å². The first-order valence-corrected chi connectivity index (χ1v) is 7.34. The molecule has 3 nitrogen and oxygen atoms in total. The number of aromatic nitrogens is 1. The molecule has 92 valence electrons. The third kappa shape index (κ3) is 2.52. The highest BCUT2D eigenvalue weighted by atomic mass is 35.5. The van der Waals surface area contributed by atoms with Crippen molar-refractivity contribution in [1.82, 2.24) is 10.3 Å². The molecule has 0 spiro atoms. The molecule has 2 aromatic rings. The molecular formula is C11H13ClN2OS2. The summed E-state index contributed by atoms with van der Waals surface area (Å²) in [6.07, 6.45) is 0.989. The Morgan fingerprint density at radius 2 is 2.24 bits per heavy atom. The molecule has 1 fully saturated rings. The van der Waals surface area contributed by atoms with Crippen LogP contribution in [0, 0.1) is 0 Å². The van der Waals surface area contributed by atoms with Gasteiger partial charge in [-0.2, -0.15) is 0 Å². The van der Waals surface area contributed by atoms with Crippen LogP contribution in [0.25, 0.3) is 10.2 Å². The molecule has 1 N–H and O–H groups in total. The Balaban J connectivity index is 0.00000108. The van der Waals surface area contributed by atoms with Crippen LogP contribution in [-0.4, -0.2) is 27.5 Å². The maximum atomic E-state index is 12.2. The van der Waals surface area contributed by atoms with Crippen LogP contribution < -0.4 is 5.32 Å². The zero-order chi connectivity index (χ0) is 11.0. The first-order chi connectivity index (χ1) is 7.84. The van der Waals surface area contributed by atoms with E-state index in [0.717, 1.165) is 34.1 Å². The molecule has 0 bridgehead atoms. The van der Waals surface area contributed by atoms with E-state index < -0.39 is 10.8 Å². The minimum absolute atomic E-state index is 0. The lowest BCUT2D eigenvalue weighted by Crippen LogP contribution is -2.18. The smallest absolute Gasteiger partial charge is 0.182 e. The minimum atomic E-state index is -0.946. The second-order valence-electron chi connectivity index (χ2n) is 3.86. The van der Waals surface area contributed by atoms with E-state index in [1.54, 1.807) is 11.3 Å². The molecule has 17 heavy (non-hydrogen) atoms. The van der Waals surface area contributed by atoms with Crippen molar-refractivity contribution in [3.8, 4) is 0 Å². The van der Waals surface area contributed by atoms with E-state index in [1.807, 2.05) is 24.3 Å². The number of benzene rings is 1. The van der Waals surface area contributed by atoms with E-state index in [9.17, 15) is 4.21 Å². The fraction of sp³-hybridized carbons (Fsp3) is 0.364. The molecular weight excluding hydrogens is 276 g/mol. The molecule has 3 rings (SSSR count). The van der Waals surface area contributed by atoms with Gasteiger partial charge in [-0.3, -0.25) is 4.21 Å². The van der Waals surface area contributed by atoms with E-state index >= 15 is 0 Å². The monoisotopic (exact) mass is 288 g/mol. The lowest BCUT2D eigenvalue weighted by atomic mass is 10.3. The van der Waals surface area contributed by atoms with Crippen LogP contribution in [0.3, 0.4) is 0 Å². The van der Waals surface area contributed by atoms with E-state index in [0.29, 0.717) is 0 Å². The molecule has 0 radical (unpaired) electrons. The molecule has 0 saturated carbocycles. The molecule has 0 amide bonds. The second-order valence-corrected chi connectivity index (χ2v) is 6.80.